The first-order valence-corrected chi connectivity index (χ1v) is 10.2. The molecule has 2 saturated heterocycles. The van der Waals surface area contributed by atoms with Crippen LogP contribution >= 0.6 is 27.7 Å². The van der Waals surface area contributed by atoms with Gasteiger partial charge in [0.15, 0.2) is 16.2 Å². The number of aliphatic hydroxyl groups is 1. The molecule has 4 atom stereocenters. The molecule has 3 rings (SSSR count). The molecule has 1 amide bonds. The van der Waals surface area contributed by atoms with Gasteiger partial charge in [-0.05, 0) is 31.5 Å². The molecule has 0 bridgehead atoms. The summed E-state index contributed by atoms with van der Waals surface area (Å²) in [6.45, 7) is 7.11. The van der Waals surface area contributed by atoms with Crippen LogP contribution in [0.1, 0.15) is 19.4 Å². The number of alkyl halides is 1. The Morgan fingerprint density at radius 2 is 2.18 bits per heavy atom. The standard InChI is InChI=1S/C19H20BrNO6S/c1-4-8-27-14(24)13-17(2,3)28-16-19(20,15(25)21(13)16)18(26,10-22)11-6-5-7-12(23)9-11/h4-7,9-10,13,16,23,26H,1,8H2,2-3H3/t13-,16+,18?,19-/m0/s1. The number of fused-ring (bicyclic) bond motifs is 1. The third kappa shape index (κ3) is 2.71. The van der Waals surface area contributed by atoms with Gasteiger partial charge >= 0.3 is 5.97 Å². The number of phenolic OH excluding ortho intramolecular Hbond substituents is 1. The zero-order chi connectivity index (χ0) is 20.9. The monoisotopic (exact) mass is 469 g/mol. The Morgan fingerprint density at radius 3 is 2.75 bits per heavy atom. The molecule has 1 aromatic rings. The number of carbonyl (C=O) groups is 3. The Morgan fingerprint density at radius 1 is 1.50 bits per heavy atom. The van der Waals surface area contributed by atoms with Crippen molar-refractivity contribution in [2.24, 2.45) is 0 Å². The van der Waals surface area contributed by atoms with E-state index < -0.39 is 38.0 Å². The smallest absolute Gasteiger partial charge is 0.330 e. The van der Waals surface area contributed by atoms with Crippen molar-refractivity contribution >= 4 is 45.9 Å². The predicted molar refractivity (Wildman–Crippen MR) is 107 cm³/mol. The number of ether oxygens (including phenoxy) is 1. The second-order valence-electron chi connectivity index (χ2n) is 7.25. The van der Waals surface area contributed by atoms with Gasteiger partial charge in [-0.1, -0.05) is 40.7 Å². The number of nitrogens with zero attached hydrogens (tertiary/aromatic N) is 1. The van der Waals surface area contributed by atoms with E-state index in [2.05, 4.69) is 22.5 Å². The summed E-state index contributed by atoms with van der Waals surface area (Å²) in [5.41, 5.74) is -2.17. The first-order chi connectivity index (χ1) is 13.0. The van der Waals surface area contributed by atoms with Crippen molar-refractivity contribution in [1.29, 1.82) is 0 Å². The van der Waals surface area contributed by atoms with Crippen molar-refractivity contribution in [2.45, 2.75) is 39.9 Å². The molecule has 2 aliphatic heterocycles. The molecule has 0 aromatic heterocycles. The fraction of sp³-hybridized carbons (Fsp3) is 0.421. The minimum absolute atomic E-state index is 0.0177. The number of halogens is 1. The summed E-state index contributed by atoms with van der Waals surface area (Å²) in [7, 11) is 0. The number of β-lactam (4-membered cyclic amide) rings is 1. The van der Waals surface area contributed by atoms with E-state index in [0.29, 0.717) is 0 Å². The van der Waals surface area contributed by atoms with Gasteiger partial charge < -0.3 is 19.8 Å². The maximum absolute atomic E-state index is 13.2. The molecule has 2 aliphatic rings. The number of thioether (sulfide) groups is 1. The highest BCUT2D eigenvalue weighted by molar-refractivity contribution is 9.10. The second-order valence-corrected chi connectivity index (χ2v) is 10.2. The molecule has 2 N–H and O–H groups in total. The number of hydrogen-bond donors (Lipinski definition) is 2. The first kappa shape index (κ1) is 20.9. The summed E-state index contributed by atoms with van der Waals surface area (Å²) in [6.07, 6.45) is 1.72. The molecule has 0 aliphatic carbocycles. The van der Waals surface area contributed by atoms with Gasteiger partial charge in [-0.3, -0.25) is 9.59 Å². The summed E-state index contributed by atoms with van der Waals surface area (Å²) in [5, 5.41) is 20.3. The van der Waals surface area contributed by atoms with E-state index in [9.17, 15) is 24.6 Å². The van der Waals surface area contributed by atoms with E-state index in [1.165, 1.54) is 47.0 Å². The van der Waals surface area contributed by atoms with Crippen LogP contribution in [0.5, 0.6) is 5.75 Å². The highest BCUT2D eigenvalue weighted by Gasteiger charge is 2.77. The van der Waals surface area contributed by atoms with Crippen molar-refractivity contribution in [3.8, 4) is 5.75 Å². The van der Waals surface area contributed by atoms with E-state index in [4.69, 9.17) is 4.74 Å². The van der Waals surface area contributed by atoms with Crippen LogP contribution in [0.4, 0.5) is 0 Å². The summed E-state index contributed by atoms with van der Waals surface area (Å²) >= 11 is 4.61. The van der Waals surface area contributed by atoms with Crippen LogP contribution in [0.2, 0.25) is 0 Å². The molecular weight excluding hydrogens is 450 g/mol. The number of hydrogen-bond acceptors (Lipinski definition) is 7. The number of aldehydes is 1. The van der Waals surface area contributed by atoms with Crippen LogP contribution in [0.15, 0.2) is 36.9 Å². The zero-order valence-corrected chi connectivity index (χ0v) is 17.7. The number of aromatic hydroxyl groups is 1. The maximum Gasteiger partial charge on any atom is 0.330 e. The second kappa shape index (κ2) is 6.89. The average Bonchev–Trinajstić information content (AvgIpc) is 2.93. The molecule has 28 heavy (non-hydrogen) atoms. The summed E-state index contributed by atoms with van der Waals surface area (Å²) in [6, 6.07) is 4.67. The van der Waals surface area contributed by atoms with E-state index in [1.807, 2.05) is 0 Å². The molecule has 150 valence electrons. The zero-order valence-electron chi connectivity index (χ0n) is 15.3. The van der Waals surface area contributed by atoms with Crippen LogP contribution in [0.3, 0.4) is 0 Å². The van der Waals surface area contributed by atoms with Crippen molar-refractivity contribution < 1.29 is 29.3 Å². The Balaban J connectivity index is 2.01. The highest BCUT2D eigenvalue weighted by atomic mass is 79.9. The molecule has 1 aromatic carbocycles. The number of phenols is 1. The minimum atomic E-state index is -2.24. The van der Waals surface area contributed by atoms with Gasteiger partial charge in [-0.25, -0.2) is 4.79 Å². The van der Waals surface area contributed by atoms with Gasteiger partial charge in [-0.15, -0.1) is 11.8 Å². The molecule has 1 unspecified atom stereocenters. The maximum atomic E-state index is 13.2. The number of benzene rings is 1. The normalized spacial score (nSPS) is 30.0. The summed E-state index contributed by atoms with van der Waals surface area (Å²) in [5.74, 6) is -1.33. The van der Waals surface area contributed by atoms with Crippen LogP contribution in [-0.2, 0) is 24.7 Å². The Bertz CT molecular complexity index is 861. The summed E-state index contributed by atoms with van der Waals surface area (Å²) in [4.78, 5) is 39.0. The third-order valence-electron chi connectivity index (χ3n) is 5.07. The lowest BCUT2D eigenvalue weighted by atomic mass is 9.75. The molecule has 2 heterocycles. The Hall–Kier alpha value is -1.84. The van der Waals surface area contributed by atoms with Gasteiger partial charge in [0.25, 0.3) is 0 Å². The van der Waals surface area contributed by atoms with Crippen LogP contribution in [0.25, 0.3) is 0 Å². The SMILES string of the molecule is C=CCOC(=O)[C@@H]1N2C(=O)[C@@](Br)(C(O)(C=O)c3cccc(O)c3)[C@H]2SC1(C)C. The predicted octanol–water partition coefficient (Wildman–Crippen LogP) is 1.70. The van der Waals surface area contributed by atoms with E-state index in [0.717, 1.165) is 0 Å². The van der Waals surface area contributed by atoms with Gasteiger partial charge in [0.2, 0.25) is 5.91 Å². The van der Waals surface area contributed by atoms with Gasteiger partial charge in [0.05, 0.1) is 0 Å². The van der Waals surface area contributed by atoms with Gasteiger partial charge in [-0.2, -0.15) is 0 Å². The minimum Gasteiger partial charge on any atom is -0.508 e. The van der Waals surface area contributed by atoms with Crippen molar-refractivity contribution in [3.63, 3.8) is 0 Å². The third-order valence-corrected chi connectivity index (χ3v) is 8.38. The summed E-state index contributed by atoms with van der Waals surface area (Å²) < 4.78 is 2.75. The lowest BCUT2D eigenvalue weighted by molar-refractivity contribution is -0.174. The lowest BCUT2D eigenvalue weighted by Gasteiger charge is -2.55. The number of carbonyl (C=O) groups excluding carboxylic acids is 3. The lowest BCUT2D eigenvalue weighted by Crippen LogP contribution is -2.77. The average molecular weight is 470 g/mol. The van der Waals surface area contributed by atoms with Crippen LogP contribution in [-0.4, -0.2) is 60.4 Å². The van der Waals surface area contributed by atoms with E-state index >= 15 is 0 Å². The quantitative estimate of drug-likeness (QED) is 0.215. The van der Waals surface area contributed by atoms with Gasteiger partial charge in [0.1, 0.15) is 23.8 Å². The van der Waals surface area contributed by atoms with Gasteiger partial charge in [0, 0.05) is 4.75 Å². The molecule has 0 radical (unpaired) electrons. The molecule has 0 saturated carbocycles. The van der Waals surface area contributed by atoms with E-state index in [1.54, 1.807) is 13.8 Å². The first-order valence-electron chi connectivity index (χ1n) is 8.50. The van der Waals surface area contributed by atoms with E-state index in [-0.39, 0.29) is 24.2 Å². The largest absolute Gasteiger partial charge is 0.508 e. The highest BCUT2D eigenvalue weighted by Crippen LogP contribution is 2.62. The van der Waals surface area contributed by atoms with Crippen molar-refractivity contribution in [2.75, 3.05) is 6.61 Å². The topological polar surface area (TPSA) is 104 Å². The molecule has 7 nitrogen and oxygen atoms in total. The fourth-order valence-corrected chi connectivity index (χ4v) is 6.39. The van der Waals surface area contributed by atoms with Crippen LogP contribution < -0.4 is 0 Å². The van der Waals surface area contributed by atoms with Crippen molar-refractivity contribution in [1.82, 2.24) is 4.90 Å². The van der Waals surface area contributed by atoms with Crippen molar-refractivity contribution in [3.05, 3.63) is 42.5 Å². The molecule has 9 heteroatoms. The molecule has 0 spiro atoms. The number of amides is 1. The number of esters is 1. The molecule has 2 fully saturated rings. The Kier molecular flexibility index (Phi) is 5.14. The Labute approximate surface area is 174 Å². The molecular formula is C19H20BrNO6S. The number of rotatable bonds is 6. The fourth-order valence-electron chi connectivity index (χ4n) is 3.68. The van der Waals surface area contributed by atoms with Crippen LogP contribution in [0, 0.1) is 0 Å².